The van der Waals surface area contributed by atoms with Crippen molar-refractivity contribution in [2.45, 2.75) is 45.6 Å². The van der Waals surface area contributed by atoms with Gasteiger partial charge in [-0.3, -0.25) is 0 Å². The van der Waals surface area contributed by atoms with E-state index in [1.165, 1.54) is 34.4 Å². The zero-order chi connectivity index (χ0) is 17.1. The lowest BCUT2D eigenvalue weighted by atomic mass is 9.98. The van der Waals surface area contributed by atoms with Crippen LogP contribution in [0.5, 0.6) is 0 Å². The molecule has 0 aromatic heterocycles. The van der Waals surface area contributed by atoms with Gasteiger partial charge in [0, 0.05) is 24.7 Å². The van der Waals surface area contributed by atoms with Crippen LogP contribution in [0.1, 0.15) is 41.5 Å². The van der Waals surface area contributed by atoms with E-state index in [-0.39, 0.29) is 0 Å². The Kier molecular flexibility index (Phi) is 4.94. The quantitative estimate of drug-likeness (QED) is 0.753. The van der Waals surface area contributed by atoms with Crippen LogP contribution in [0.2, 0.25) is 0 Å². The molecule has 2 aromatic rings. The second-order valence-corrected chi connectivity index (χ2v) is 7.03. The molecule has 1 aliphatic heterocycles. The van der Waals surface area contributed by atoms with Crippen LogP contribution in [0.15, 0.2) is 54.8 Å². The van der Waals surface area contributed by atoms with Gasteiger partial charge in [-0.1, -0.05) is 42.5 Å². The van der Waals surface area contributed by atoms with E-state index in [1.54, 1.807) is 0 Å². The number of anilines is 1. The predicted octanol–water partition coefficient (Wildman–Crippen LogP) is 5.32. The Morgan fingerprint density at radius 1 is 1.17 bits per heavy atom. The number of aryl methyl sites for hydroxylation is 2. The average molecular weight is 321 g/mol. The van der Waals surface area contributed by atoms with Crippen LogP contribution < -0.4 is 4.90 Å². The minimum Gasteiger partial charge on any atom is -0.513 e. The Bertz CT molecular complexity index is 717. The van der Waals surface area contributed by atoms with Crippen molar-refractivity contribution in [2.24, 2.45) is 0 Å². The van der Waals surface area contributed by atoms with Crippen LogP contribution in [-0.2, 0) is 6.42 Å². The third kappa shape index (κ3) is 3.81. The van der Waals surface area contributed by atoms with Gasteiger partial charge in [-0.25, -0.2) is 0 Å². The smallest absolute Gasteiger partial charge is 0.0871 e. The monoisotopic (exact) mass is 321 g/mol. The summed E-state index contributed by atoms with van der Waals surface area (Å²) in [5, 5.41) is 9.51. The molecule has 0 bridgehead atoms. The third-order valence-corrected chi connectivity index (χ3v) is 5.01. The van der Waals surface area contributed by atoms with Gasteiger partial charge in [0.25, 0.3) is 0 Å². The molecule has 1 saturated heterocycles. The molecule has 0 radical (unpaired) electrons. The lowest BCUT2D eigenvalue weighted by molar-refractivity contribution is 0.376. The molecule has 1 atom stereocenters. The van der Waals surface area contributed by atoms with Crippen molar-refractivity contribution in [3.05, 3.63) is 77.1 Å². The van der Waals surface area contributed by atoms with E-state index in [4.69, 9.17) is 0 Å². The summed E-state index contributed by atoms with van der Waals surface area (Å²) < 4.78 is 0. The van der Waals surface area contributed by atoms with E-state index in [0.717, 1.165) is 19.4 Å². The Balaban J connectivity index is 1.72. The highest BCUT2D eigenvalue weighted by atomic mass is 16.3. The summed E-state index contributed by atoms with van der Waals surface area (Å²) in [7, 11) is 0. The summed E-state index contributed by atoms with van der Waals surface area (Å²) in [5.41, 5.74) is 6.66. The lowest BCUT2D eigenvalue weighted by Crippen LogP contribution is -2.29. The fourth-order valence-corrected chi connectivity index (χ4v) is 3.73. The van der Waals surface area contributed by atoms with E-state index in [1.807, 2.05) is 0 Å². The standard InChI is InChI=1S/C22H27NO/c1-16-6-9-20(17(2)13-16)15-19-7-10-21(11-8-19)23-12-4-5-22(23)14-18(3)24/h6-11,13,22,24H,3-5,12,14-15H2,1-2H3. The maximum Gasteiger partial charge on any atom is 0.0871 e. The highest BCUT2D eigenvalue weighted by Gasteiger charge is 2.25. The van der Waals surface area contributed by atoms with Gasteiger partial charge in [0.15, 0.2) is 0 Å². The number of aliphatic hydroxyl groups excluding tert-OH is 1. The molecule has 1 N–H and O–H groups in total. The normalized spacial score (nSPS) is 17.2. The molecule has 0 spiro atoms. The molecule has 1 aliphatic rings. The topological polar surface area (TPSA) is 23.5 Å². The van der Waals surface area contributed by atoms with Gasteiger partial charge in [-0.05, 0) is 61.9 Å². The first kappa shape index (κ1) is 16.6. The zero-order valence-corrected chi connectivity index (χ0v) is 14.8. The SMILES string of the molecule is C=C(O)CC1CCCN1c1ccc(Cc2ccc(C)cc2C)cc1. The van der Waals surface area contributed by atoms with Gasteiger partial charge in [0.2, 0.25) is 0 Å². The summed E-state index contributed by atoms with van der Waals surface area (Å²) in [6, 6.07) is 16.0. The molecular weight excluding hydrogens is 294 g/mol. The minimum absolute atomic E-state index is 0.290. The highest BCUT2D eigenvalue weighted by molar-refractivity contribution is 5.50. The molecular formula is C22H27NO. The largest absolute Gasteiger partial charge is 0.513 e. The molecule has 1 heterocycles. The second kappa shape index (κ2) is 7.12. The molecule has 3 rings (SSSR count). The van der Waals surface area contributed by atoms with E-state index in [0.29, 0.717) is 18.2 Å². The summed E-state index contributed by atoms with van der Waals surface area (Å²) in [5.74, 6) is 0.290. The molecule has 2 aromatic carbocycles. The molecule has 2 heteroatoms. The zero-order valence-electron chi connectivity index (χ0n) is 14.8. The Morgan fingerprint density at radius 3 is 2.58 bits per heavy atom. The highest BCUT2D eigenvalue weighted by Crippen LogP contribution is 2.29. The predicted molar refractivity (Wildman–Crippen MR) is 102 cm³/mol. The summed E-state index contributed by atoms with van der Waals surface area (Å²) in [4.78, 5) is 2.41. The average Bonchev–Trinajstić information content (AvgIpc) is 2.98. The van der Waals surface area contributed by atoms with Crippen molar-refractivity contribution in [2.75, 3.05) is 11.4 Å². The van der Waals surface area contributed by atoms with Crippen molar-refractivity contribution < 1.29 is 5.11 Å². The number of hydrogen-bond donors (Lipinski definition) is 1. The maximum absolute atomic E-state index is 9.51. The summed E-state index contributed by atoms with van der Waals surface area (Å²) in [6.07, 6.45) is 3.96. The molecule has 0 aliphatic carbocycles. The molecule has 0 amide bonds. The van der Waals surface area contributed by atoms with Crippen LogP contribution in [0.4, 0.5) is 5.69 Å². The van der Waals surface area contributed by atoms with Crippen LogP contribution in [0.25, 0.3) is 0 Å². The number of rotatable bonds is 5. The Hall–Kier alpha value is -2.22. The molecule has 24 heavy (non-hydrogen) atoms. The van der Waals surface area contributed by atoms with Crippen molar-refractivity contribution in [1.82, 2.24) is 0 Å². The number of benzene rings is 2. The van der Waals surface area contributed by atoms with Crippen LogP contribution in [0, 0.1) is 13.8 Å². The molecule has 2 nitrogen and oxygen atoms in total. The van der Waals surface area contributed by atoms with Gasteiger partial charge in [-0.15, -0.1) is 0 Å². The van der Waals surface area contributed by atoms with Crippen molar-refractivity contribution >= 4 is 5.69 Å². The van der Waals surface area contributed by atoms with Crippen molar-refractivity contribution in [3.63, 3.8) is 0 Å². The van der Waals surface area contributed by atoms with E-state index in [9.17, 15) is 5.11 Å². The summed E-state index contributed by atoms with van der Waals surface area (Å²) >= 11 is 0. The van der Waals surface area contributed by atoms with Crippen molar-refractivity contribution in [3.8, 4) is 0 Å². The van der Waals surface area contributed by atoms with E-state index < -0.39 is 0 Å². The van der Waals surface area contributed by atoms with Crippen LogP contribution >= 0.6 is 0 Å². The Morgan fingerprint density at radius 2 is 1.92 bits per heavy atom. The van der Waals surface area contributed by atoms with Gasteiger partial charge in [0.05, 0.1) is 5.76 Å². The second-order valence-electron chi connectivity index (χ2n) is 7.03. The number of hydrogen-bond acceptors (Lipinski definition) is 2. The van der Waals surface area contributed by atoms with Gasteiger partial charge in [-0.2, -0.15) is 0 Å². The fraction of sp³-hybridized carbons (Fsp3) is 0.364. The van der Waals surface area contributed by atoms with Gasteiger partial charge in [0.1, 0.15) is 0 Å². The molecule has 1 unspecified atom stereocenters. The molecule has 1 fully saturated rings. The first-order valence-electron chi connectivity index (χ1n) is 8.81. The van der Waals surface area contributed by atoms with E-state index >= 15 is 0 Å². The number of aliphatic hydroxyl groups is 1. The van der Waals surface area contributed by atoms with Crippen LogP contribution in [-0.4, -0.2) is 17.7 Å². The Labute approximate surface area is 145 Å². The first-order valence-corrected chi connectivity index (χ1v) is 8.81. The third-order valence-electron chi connectivity index (χ3n) is 5.01. The maximum atomic E-state index is 9.51. The lowest BCUT2D eigenvalue weighted by Gasteiger charge is -2.26. The number of nitrogens with zero attached hydrogens (tertiary/aromatic N) is 1. The molecule has 126 valence electrons. The first-order chi connectivity index (χ1) is 11.5. The molecule has 0 saturated carbocycles. The summed E-state index contributed by atoms with van der Waals surface area (Å²) in [6.45, 7) is 9.04. The van der Waals surface area contributed by atoms with Crippen molar-refractivity contribution in [1.29, 1.82) is 0 Å². The fourth-order valence-electron chi connectivity index (χ4n) is 3.73. The minimum atomic E-state index is 0.290. The van der Waals surface area contributed by atoms with Gasteiger partial charge >= 0.3 is 0 Å². The van der Waals surface area contributed by atoms with Gasteiger partial charge < -0.3 is 10.0 Å². The van der Waals surface area contributed by atoms with E-state index in [2.05, 4.69) is 67.8 Å². The van der Waals surface area contributed by atoms with Crippen LogP contribution in [0.3, 0.4) is 0 Å².